The summed E-state index contributed by atoms with van der Waals surface area (Å²) in [5.74, 6) is 2.30. The molecule has 1 atom stereocenters. The summed E-state index contributed by atoms with van der Waals surface area (Å²) in [6.07, 6.45) is 0. The lowest BCUT2D eigenvalue weighted by molar-refractivity contribution is 0.0656. The third-order valence-corrected chi connectivity index (χ3v) is 4.38. The average Bonchev–Trinajstić information content (AvgIpc) is 2.45. The van der Waals surface area contributed by atoms with Crippen molar-refractivity contribution in [3.8, 4) is 0 Å². The topological polar surface area (TPSA) is 32.3 Å². The van der Waals surface area contributed by atoms with Crippen molar-refractivity contribution in [1.29, 1.82) is 0 Å². The van der Waals surface area contributed by atoms with Gasteiger partial charge in [-0.05, 0) is 30.4 Å². The van der Waals surface area contributed by atoms with E-state index in [1.165, 1.54) is 5.56 Å². The Hall–Kier alpha value is -1.00. The summed E-state index contributed by atoms with van der Waals surface area (Å²) in [7, 11) is 0. The maximum absolute atomic E-state index is 12.4. The van der Waals surface area contributed by atoms with Crippen LogP contribution in [0, 0.1) is 0 Å². The van der Waals surface area contributed by atoms with Crippen LogP contribution >= 0.6 is 11.8 Å². The Morgan fingerprint density at radius 1 is 1.42 bits per heavy atom. The Morgan fingerprint density at radius 2 is 2.16 bits per heavy atom. The van der Waals surface area contributed by atoms with E-state index < -0.39 is 0 Å². The fraction of sp³-hybridized carbons (Fsp3) is 0.533. The van der Waals surface area contributed by atoms with Crippen LogP contribution in [0.4, 0.5) is 0 Å². The average molecular weight is 278 g/mol. The number of carbonyl (C=O) groups is 1. The summed E-state index contributed by atoms with van der Waals surface area (Å²) in [6.45, 7) is 6.83. The van der Waals surface area contributed by atoms with Gasteiger partial charge in [0.05, 0.1) is 0 Å². The summed E-state index contributed by atoms with van der Waals surface area (Å²) >= 11 is 1.90. The highest BCUT2D eigenvalue weighted by Gasteiger charge is 2.23. The van der Waals surface area contributed by atoms with Gasteiger partial charge >= 0.3 is 0 Å². The van der Waals surface area contributed by atoms with Crippen molar-refractivity contribution in [3.63, 3.8) is 0 Å². The van der Waals surface area contributed by atoms with E-state index in [4.69, 9.17) is 0 Å². The van der Waals surface area contributed by atoms with Crippen LogP contribution in [-0.4, -0.2) is 42.2 Å². The van der Waals surface area contributed by atoms with Crippen LogP contribution in [0.5, 0.6) is 0 Å². The Labute approximate surface area is 119 Å². The standard InChI is InChI=1S/C15H22N2OS/c1-3-19-11-13-4-6-14(7-5-13)15(18)17-9-8-16-10-12(17)2/h4-7,12,16H,3,8-11H2,1-2H3/t12-/m0/s1. The Bertz CT molecular complexity index is 419. The predicted molar refractivity (Wildman–Crippen MR) is 81.6 cm³/mol. The van der Waals surface area contributed by atoms with Crippen LogP contribution in [0.2, 0.25) is 0 Å². The van der Waals surface area contributed by atoms with E-state index in [9.17, 15) is 4.79 Å². The SMILES string of the molecule is CCSCc1ccc(C(=O)N2CCNC[C@@H]2C)cc1. The van der Waals surface area contributed by atoms with Gasteiger partial charge in [0, 0.05) is 37.0 Å². The Balaban J connectivity index is 2.02. The van der Waals surface area contributed by atoms with Gasteiger partial charge in [-0.15, -0.1) is 0 Å². The van der Waals surface area contributed by atoms with Gasteiger partial charge in [0.25, 0.3) is 5.91 Å². The zero-order valence-corrected chi connectivity index (χ0v) is 12.5. The molecule has 0 aliphatic carbocycles. The van der Waals surface area contributed by atoms with Gasteiger partial charge in [0.15, 0.2) is 0 Å². The molecular weight excluding hydrogens is 256 g/mol. The first-order valence-corrected chi connectivity index (χ1v) is 8.06. The minimum Gasteiger partial charge on any atom is -0.333 e. The first-order chi connectivity index (χ1) is 9.22. The number of amides is 1. The van der Waals surface area contributed by atoms with Crippen LogP contribution in [0.1, 0.15) is 29.8 Å². The number of piperazine rings is 1. The first kappa shape index (κ1) is 14.4. The predicted octanol–water partition coefficient (Wildman–Crippen LogP) is 2.37. The van der Waals surface area contributed by atoms with E-state index in [0.29, 0.717) is 0 Å². The normalized spacial score (nSPS) is 19.5. The second-order valence-corrected chi connectivity index (χ2v) is 6.16. The van der Waals surface area contributed by atoms with Gasteiger partial charge in [0.2, 0.25) is 0 Å². The van der Waals surface area contributed by atoms with Gasteiger partial charge in [-0.3, -0.25) is 4.79 Å². The molecule has 0 bridgehead atoms. The molecule has 1 aromatic rings. The molecule has 1 N–H and O–H groups in total. The van der Waals surface area contributed by atoms with Crippen LogP contribution in [0.3, 0.4) is 0 Å². The molecule has 1 fully saturated rings. The van der Waals surface area contributed by atoms with Crippen LogP contribution in [0.15, 0.2) is 24.3 Å². The van der Waals surface area contributed by atoms with Crippen LogP contribution in [0.25, 0.3) is 0 Å². The number of nitrogens with one attached hydrogen (secondary N) is 1. The molecule has 0 radical (unpaired) electrons. The number of benzene rings is 1. The molecule has 2 rings (SSSR count). The van der Waals surface area contributed by atoms with E-state index in [2.05, 4.69) is 31.3 Å². The molecule has 1 amide bonds. The van der Waals surface area contributed by atoms with Gasteiger partial charge in [-0.2, -0.15) is 11.8 Å². The van der Waals surface area contributed by atoms with Crippen molar-refractivity contribution in [1.82, 2.24) is 10.2 Å². The minimum atomic E-state index is 0.156. The van der Waals surface area contributed by atoms with Crippen molar-refractivity contribution in [2.75, 3.05) is 25.4 Å². The van der Waals surface area contributed by atoms with E-state index >= 15 is 0 Å². The van der Waals surface area contributed by atoms with E-state index in [-0.39, 0.29) is 11.9 Å². The molecule has 1 aliphatic heterocycles. The van der Waals surface area contributed by atoms with Gasteiger partial charge in [-0.25, -0.2) is 0 Å². The largest absolute Gasteiger partial charge is 0.333 e. The third-order valence-electron chi connectivity index (χ3n) is 3.44. The number of nitrogens with zero attached hydrogens (tertiary/aromatic N) is 1. The summed E-state index contributed by atoms with van der Waals surface area (Å²) < 4.78 is 0. The van der Waals surface area contributed by atoms with E-state index in [0.717, 1.165) is 36.7 Å². The molecule has 1 heterocycles. The van der Waals surface area contributed by atoms with Crippen molar-refractivity contribution >= 4 is 17.7 Å². The summed E-state index contributed by atoms with van der Waals surface area (Å²) in [5, 5.41) is 3.31. The maximum atomic E-state index is 12.4. The van der Waals surface area contributed by atoms with Crippen molar-refractivity contribution in [3.05, 3.63) is 35.4 Å². The minimum absolute atomic E-state index is 0.156. The number of carbonyl (C=O) groups excluding carboxylic acids is 1. The van der Waals surface area contributed by atoms with Crippen LogP contribution < -0.4 is 5.32 Å². The van der Waals surface area contributed by atoms with Crippen molar-refractivity contribution < 1.29 is 4.79 Å². The second-order valence-electron chi connectivity index (χ2n) is 4.89. The monoisotopic (exact) mass is 278 g/mol. The molecule has 104 valence electrons. The van der Waals surface area contributed by atoms with Gasteiger partial charge in [-0.1, -0.05) is 19.1 Å². The summed E-state index contributed by atoms with van der Waals surface area (Å²) in [4.78, 5) is 14.4. The second kappa shape index (κ2) is 6.96. The fourth-order valence-corrected chi connectivity index (χ4v) is 2.90. The number of hydrogen-bond acceptors (Lipinski definition) is 3. The molecule has 3 nitrogen and oxygen atoms in total. The fourth-order valence-electron chi connectivity index (χ4n) is 2.27. The molecule has 0 spiro atoms. The quantitative estimate of drug-likeness (QED) is 0.918. The first-order valence-electron chi connectivity index (χ1n) is 6.90. The summed E-state index contributed by atoms with van der Waals surface area (Å²) in [5.41, 5.74) is 2.09. The Kier molecular flexibility index (Phi) is 5.28. The molecule has 0 aromatic heterocycles. The van der Waals surface area contributed by atoms with E-state index in [1.54, 1.807) is 0 Å². The van der Waals surface area contributed by atoms with Crippen molar-refractivity contribution in [2.45, 2.75) is 25.6 Å². The molecule has 1 saturated heterocycles. The summed E-state index contributed by atoms with van der Waals surface area (Å²) in [6, 6.07) is 8.34. The highest BCUT2D eigenvalue weighted by Crippen LogP contribution is 2.15. The smallest absolute Gasteiger partial charge is 0.254 e. The van der Waals surface area contributed by atoms with Crippen LogP contribution in [-0.2, 0) is 5.75 Å². The molecule has 0 saturated carbocycles. The third kappa shape index (κ3) is 3.74. The van der Waals surface area contributed by atoms with Crippen molar-refractivity contribution in [2.24, 2.45) is 0 Å². The molecule has 19 heavy (non-hydrogen) atoms. The zero-order valence-electron chi connectivity index (χ0n) is 11.7. The lowest BCUT2D eigenvalue weighted by atomic mass is 10.1. The lowest BCUT2D eigenvalue weighted by Gasteiger charge is -2.34. The molecule has 0 unspecified atom stereocenters. The van der Waals surface area contributed by atoms with Gasteiger partial charge in [0.1, 0.15) is 0 Å². The number of rotatable bonds is 4. The molecule has 1 aliphatic rings. The molecule has 4 heteroatoms. The highest BCUT2D eigenvalue weighted by molar-refractivity contribution is 7.98. The maximum Gasteiger partial charge on any atom is 0.254 e. The Morgan fingerprint density at radius 3 is 2.79 bits per heavy atom. The lowest BCUT2D eigenvalue weighted by Crippen LogP contribution is -2.52. The van der Waals surface area contributed by atoms with E-state index in [1.807, 2.05) is 28.8 Å². The highest BCUT2D eigenvalue weighted by atomic mass is 32.2. The molecular formula is C15H22N2OS. The zero-order chi connectivity index (χ0) is 13.7. The van der Waals surface area contributed by atoms with Gasteiger partial charge < -0.3 is 10.2 Å². The number of hydrogen-bond donors (Lipinski definition) is 1. The molecule has 1 aromatic carbocycles. The number of thioether (sulfide) groups is 1.